The van der Waals surface area contributed by atoms with Crippen LogP contribution >= 0.6 is 43.2 Å². The van der Waals surface area contributed by atoms with Crippen LogP contribution in [0.4, 0.5) is 0 Å². The van der Waals surface area contributed by atoms with Gasteiger partial charge < -0.3 is 4.90 Å². The van der Waals surface area contributed by atoms with Gasteiger partial charge in [0.2, 0.25) is 0 Å². The van der Waals surface area contributed by atoms with Crippen LogP contribution in [0.25, 0.3) is 0 Å². The lowest BCUT2D eigenvalue weighted by Gasteiger charge is -2.23. The number of thiophene rings is 1. The SMILES string of the molecule is CC(C)CCN(C(=O)c1cc(Br)sc1Br)C1CC1. The zero-order valence-corrected chi connectivity index (χ0v) is 14.6. The molecule has 0 N–H and O–H groups in total. The first kappa shape index (κ1) is 14.5. The monoisotopic (exact) mass is 393 g/mol. The van der Waals surface area contributed by atoms with E-state index in [1.165, 1.54) is 0 Å². The molecule has 2 nitrogen and oxygen atoms in total. The molecule has 0 aromatic carbocycles. The van der Waals surface area contributed by atoms with E-state index in [2.05, 4.69) is 50.6 Å². The maximum Gasteiger partial charge on any atom is 0.256 e. The Kier molecular flexibility index (Phi) is 4.89. The van der Waals surface area contributed by atoms with E-state index in [-0.39, 0.29) is 5.91 Å². The molecule has 5 heteroatoms. The molecule has 1 aliphatic carbocycles. The fraction of sp³-hybridized carbons (Fsp3) is 0.615. The lowest BCUT2D eigenvalue weighted by molar-refractivity contribution is 0.0735. The van der Waals surface area contributed by atoms with Crippen molar-refractivity contribution in [3.8, 4) is 0 Å². The average molecular weight is 395 g/mol. The minimum atomic E-state index is 0.173. The van der Waals surface area contributed by atoms with Gasteiger partial charge in [-0.15, -0.1) is 11.3 Å². The van der Waals surface area contributed by atoms with Gasteiger partial charge in [0.1, 0.15) is 0 Å². The average Bonchev–Trinajstić information content (AvgIpc) is 3.04. The van der Waals surface area contributed by atoms with Gasteiger partial charge in [-0.05, 0) is 63.1 Å². The van der Waals surface area contributed by atoms with Crippen LogP contribution < -0.4 is 0 Å². The highest BCUT2D eigenvalue weighted by atomic mass is 79.9. The van der Waals surface area contributed by atoms with Crippen molar-refractivity contribution in [2.45, 2.75) is 39.2 Å². The second kappa shape index (κ2) is 6.06. The summed E-state index contributed by atoms with van der Waals surface area (Å²) in [5.41, 5.74) is 0.794. The molecule has 1 heterocycles. The van der Waals surface area contributed by atoms with Crippen molar-refractivity contribution in [1.29, 1.82) is 0 Å². The van der Waals surface area contributed by atoms with Gasteiger partial charge in [0.25, 0.3) is 5.91 Å². The molecule has 1 aromatic heterocycles. The van der Waals surface area contributed by atoms with Gasteiger partial charge >= 0.3 is 0 Å². The van der Waals surface area contributed by atoms with Crippen molar-refractivity contribution in [2.75, 3.05) is 6.54 Å². The summed E-state index contributed by atoms with van der Waals surface area (Å²) >= 11 is 8.47. The van der Waals surface area contributed by atoms with Crippen molar-refractivity contribution < 1.29 is 4.79 Å². The van der Waals surface area contributed by atoms with Crippen LogP contribution in [0.5, 0.6) is 0 Å². The van der Waals surface area contributed by atoms with E-state index in [4.69, 9.17) is 0 Å². The van der Waals surface area contributed by atoms with E-state index in [0.29, 0.717) is 12.0 Å². The fourth-order valence-corrected chi connectivity index (χ4v) is 4.65. The predicted molar refractivity (Wildman–Crippen MR) is 83.2 cm³/mol. The standard InChI is InChI=1S/C13H17Br2NOS/c1-8(2)5-6-16(9-3-4-9)13(17)10-7-11(14)18-12(10)15/h7-9H,3-6H2,1-2H3. The molecule has 100 valence electrons. The molecular weight excluding hydrogens is 378 g/mol. The Labute approximate surface area is 129 Å². The van der Waals surface area contributed by atoms with Crippen LogP contribution in [0, 0.1) is 5.92 Å². The van der Waals surface area contributed by atoms with Crippen LogP contribution in [0.2, 0.25) is 0 Å². The topological polar surface area (TPSA) is 20.3 Å². The number of carbonyl (C=O) groups excluding carboxylic acids is 1. The minimum Gasteiger partial charge on any atom is -0.336 e. The Balaban J connectivity index is 2.10. The molecular formula is C13H17Br2NOS. The molecule has 0 aliphatic heterocycles. The summed E-state index contributed by atoms with van der Waals surface area (Å²) in [6.07, 6.45) is 3.39. The first-order chi connectivity index (χ1) is 8.49. The van der Waals surface area contributed by atoms with Gasteiger partial charge in [-0.25, -0.2) is 0 Å². The summed E-state index contributed by atoms with van der Waals surface area (Å²) in [4.78, 5) is 14.6. The number of carbonyl (C=O) groups is 1. The molecule has 1 aliphatic rings. The van der Waals surface area contributed by atoms with E-state index in [1.807, 2.05) is 6.07 Å². The van der Waals surface area contributed by atoms with Gasteiger partial charge in [0.15, 0.2) is 0 Å². The van der Waals surface area contributed by atoms with Crippen molar-refractivity contribution in [3.05, 3.63) is 19.2 Å². The summed E-state index contributed by atoms with van der Waals surface area (Å²) in [6.45, 7) is 5.28. The maximum atomic E-state index is 12.6. The zero-order valence-electron chi connectivity index (χ0n) is 10.6. The maximum absolute atomic E-state index is 12.6. The van der Waals surface area contributed by atoms with E-state index in [9.17, 15) is 4.79 Å². The molecule has 1 saturated carbocycles. The van der Waals surface area contributed by atoms with Crippen LogP contribution in [0.3, 0.4) is 0 Å². The lowest BCUT2D eigenvalue weighted by atomic mass is 10.1. The molecule has 1 amide bonds. The molecule has 18 heavy (non-hydrogen) atoms. The number of nitrogens with zero attached hydrogens (tertiary/aromatic N) is 1. The van der Waals surface area contributed by atoms with Crippen molar-refractivity contribution in [1.82, 2.24) is 4.90 Å². The quantitative estimate of drug-likeness (QED) is 0.693. The lowest BCUT2D eigenvalue weighted by Crippen LogP contribution is -2.34. The Bertz CT molecular complexity index is 440. The third-order valence-electron chi connectivity index (χ3n) is 3.08. The van der Waals surface area contributed by atoms with Crippen molar-refractivity contribution in [2.24, 2.45) is 5.92 Å². The predicted octanol–water partition coefficient (Wildman–Crippen LogP) is 4.92. The Hall–Kier alpha value is 0.130. The summed E-state index contributed by atoms with van der Waals surface area (Å²) in [5.74, 6) is 0.809. The number of hydrogen-bond acceptors (Lipinski definition) is 2. The Morgan fingerprint density at radius 3 is 2.61 bits per heavy atom. The highest BCUT2D eigenvalue weighted by molar-refractivity contribution is 9.12. The smallest absolute Gasteiger partial charge is 0.256 e. The number of halogens is 2. The van der Waals surface area contributed by atoms with Gasteiger partial charge in [-0.1, -0.05) is 13.8 Å². The minimum absolute atomic E-state index is 0.173. The largest absolute Gasteiger partial charge is 0.336 e. The molecule has 0 spiro atoms. The van der Waals surface area contributed by atoms with Gasteiger partial charge in [-0.2, -0.15) is 0 Å². The summed E-state index contributed by atoms with van der Waals surface area (Å²) in [7, 11) is 0. The summed E-state index contributed by atoms with van der Waals surface area (Å²) in [5, 5.41) is 0. The molecule has 0 saturated heterocycles. The normalized spacial score (nSPS) is 15.2. The molecule has 0 radical (unpaired) electrons. The summed E-state index contributed by atoms with van der Waals surface area (Å²) < 4.78 is 1.92. The van der Waals surface area contributed by atoms with Crippen LogP contribution in [0.1, 0.15) is 43.5 Å². The molecule has 2 rings (SSSR count). The Morgan fingerprint density at radius 1 is 1.50 bits per heavy atom. The number of rotatable bonds is 5. The highest BCUT2D eigenvalue weighted by Gasteiger charge is 2.33. The van der Waals surface area contributed by atoms with E-state index < -0.39 is 0 Å². The second-order valence-corrected chi connectivity index (χ2v) is 8.90. The summed E-state index contributed by atoms with van der Waals surface area (Å²) in [6, 6.07) is 2.39. The second-order valence-electron chi connectivity index (χ2n) is 5.15. The fourth-order valence-electron chi connectivity index (χ4n) is 1.87. The van der Waals surface area contributed by atoms with Gasteiger partial charge in [0, 0.05) is 12.6 Å². The first-order valence-corrected chi connectivity index (χ1v) is 8.65. The van der Waals surface area contributed by atoms with Gasteiger partial charge in [-0.3, -0.25) is 4.79 Å². The number of amides is 1. The molecule has 0 bridgehead atoms. The molecule has 0 unspecified atom stereocenters. The van der Waals surface area contributed by atoms with E-state index >= 15 is 0 Å². The molecule has 0 atom stereocenters. The van der Waals surface area contributed by atoms with E-state index in [1.54, 1.807) is 11.3 Å². The van der Waals surface area contributed by atoms with Crippen LogP contribution in [-0.4, -0.2) is 23.4 Å². The van der Waals surface area contributed by atoms with E-state index in [0.717, 1.165) is 38.9 Å². The first-order valence-electron chi connectivity index (χ1n) is 6.25. The van der Waals surface area contributed by atoms with Crippen LogP contribution in [-0.2, 0) is 0 Å². The zero-order chi connectivity index (χ0) is 13.3. The van der Waals surface area contributed by atoms with Crippen molar-refractivity contribution >= 4 is 49.1 Å². The third-order valence-corrected chi connectivity index (χ3v) is 5.42. The van der Waals surface area contributed by atoms with Gasteiger partial charge in [0.05, 0.1) is 13.1 Å². The van der Waals surface area contributed by atoms with Crippen molar-refractivity contribution in [3.63, 3.8) is 0 Å². The third kappa shape index (κ3) is 3.58. The number of hydrogen-bond donors (Lipinski definition) is 0. The Morgan fingerprint density at radius 2 is 2.17 bits per heavy atom. The van der Waals surface area contributed by atoms with Crippen LogP contribution in [0.15, 0.2) is 13.6 Å². The molecule has 1 aromatic rings. The highest BCUT2D eigenvalue weighted by Crippen LogP contribution is 2.35. The molecule has 1 fully saturated rings.